The van der Waals surface area contributed by atoms with Crippen molar-refractivity contribution in [3.63, 3.8) is 0 Å². The normalized spacial score (nSPS) is 24.7. The van der Waals surface area contributed by atoms with Crippen LogP contribution in [0.25, 0.3) is 0 Å². The topological polar surface area (TPSA) is 9.23 Å². The van der Waals surface area contributed by atoms with Gasteiger partial charge in [0.05, 0.1) is 6.10 Å². The fraction of sp³-hybridized carbons (Fsp3) is 0.429. The van der Waals surface area contributed by atoms with E-state index in [1.807, 2.05) is 0 Å². The van der Waals surface area contributed by atoms with E-state index in [1.54, 1.807) is 7.11 Å². The molecular formula is C14H18O. The van der Waals surface area contributed by atoms with Crippen molar-refractivity contribution in [2.24, 2.45) is 5.92 Å². The molecule has 0 spiro atoms. The van der Waals surface area contributed by atoms with Crippen LogP contribution >= 0.6 is 0 Å². The molecular weight excluding hydrogens is 184 g/mol. The second-order valence-electron chi connectivity index (χ2n) is 4.35. The van der Waals surface area contributed by atoms with Crippen LogP contribution in [0.1, 0.15) is 30.6 Å². The van der Waals surface area contributed by atoms with Gasteiger partial charge in [-0.1, -0.05) is 36.4 Å². The molecule has 0 fully saturated rings. The third kappa shape index (κ3) is 1.84. The molecule has 1 heteroatoms. The van der Waals surface area contributed by atoms with E-state index >= 15 is 0 Å². The molecule has 0 saturated carbocycles. The highest BCUT2D eigenvalue weighted by Gasteiger charge is 2.29. The van der Waals surface area contributed by atoms with Crippen molar-refractivity contribution in [2.75, 3.05) is 7.11 Å². The van der Waals surface area contributed by atoms with Gasteiger partial charge in [-0.25, -0.2) is 0 Å². The van der Waals surface area contributed by atoms with Crippen LogP contribution in [0.4, 0.5) is 0 Å². The maximum Gasteiger partial charge on any atom is 0.0888 e. The zero-order valence-electron chi connectivity index (χ0n) is 9.49. The molecule has 1 aliphatic rings. The summed E-state index contributed by atoms with van der Waals surface area (Å²) < 4.78 is 5.63. The number of ether oxygens (including phenoxy) is 1. The zero-order valence-corrected chi connectivity index (χ0v) is 9.49. The van der Waals surface area contributed by atoms with Crippen LogP contribution in [0.15, 0.2) is 36.4 Å². The Bertz CT molecular complexity index is 367. The Labute approximate surface area is 91.8 Å². The summed E-state index contributed by atoms with van der Waals surface area (Å²) in [4.78, 5) is 0. The van der Waals surface area contributed by atoms with Crippen molar-refractivity contribution in [3.8, 4) is 0 Å². The minimum Gasteiger partial charge on any atom is -0.376 e. The predicted molar refractivity (Wildman–Crippen MR) is 62.8 cm³/mol. The SMILES string of the molecule is C=C(C)[C@H]1CCc2ccccc2[C@H]1OC. The zero-order chi connectivity index (χ0) is 10.8. The predicted octanol–water partition coefficient (Wildman–Crippen LogP) is 3.51. The molecule has 0 saturated heterocycles. The first-order valence-corrected chi connectivity index (χ1v) is 5.50. The van der Waals surface area contributed by atoms with Crippen molar-refractivity contribution < 1.29 is 4.74 Å². The molecule has 0 unspecified atom stereocenters. The monoisotopic (exact) mass is 202 g/mol. The van der Waals surface area contributed by atoms with Gasteiger partial charge in [0, 0.05) is 13.0 Å². The first-order chi connectivity index (χ1) is 7.24. The van der Waals surface area contributed by atoms with E-state index < -0.39 is 0 Å². The summed E-state index contributed by atoms with van der Waals surface area (Å²) in [5, 5.41) is 0. The van der Waals surface area contributed by atoms with Gasteiger partial charge in [0.2, 0.25) is 0 Å². The van der Waals surface area contributed by atoms with Crippen molar-refractivity contribution in [1.29, 1.82) is 0 Å². The van der Waals surface area contributed by atoms with Gasteiger partial charge in [0.1, 0.15) is 0 Å². The Morgan fingerprint density at radius 1 is 1.40 bits per heavy atom. The second kappa shape index (κ2) is 4.19. The maximum atomic E-state index is 5.63. The summed E-state index contributed by atoms with van der Waals surface area (Å²) >= 11 is 0. The van der Waals surface area contributed by atoms with Gasteiger partial charge in [-0.3, -0.25) is 0 Å². The maximum absolute atomic E-state index is 5.63. The largest absolute Gasteiger partial charge is 0.376 e. The first kappa shape index (κ1) is 10.4. The van der Waals surface area contributed by atoms with Gasteiger partial charge in [0.25, 0.3) is 0 Å². The van der Waals surface area contributed by atoms with Gasteiger partial charge >= 0.3 is 0 Å². The van der Waals surface area contributed by atoms with Crippen molar-refractivity contribution >= 4 is 0 Å². The van der Waals surface area contributed by atoms with Gasteiger partial charge in [0.15, 0.2) is 0 Å². The smallest absolute Gasteiger partial charge is 0.0888 e. The van der Waals surface area contributed by atoms with Crippen LogP contribution in [-0.4, -0.2) is 7.11 Å². The summed E-state index contributed by atoms with van der Waals surface area (Å²) in [6.07, 6.45) is 2.51. The molecule has 2 rings (SSSR count). The van der Waals surface area contributed by atoms with Crippen LogP contribution in [0.5, 0.6) is 0 Å². The number of aryl methyl sites for hydroxylation is 1. The highest BCUT2D eigenvalue weighted by atomic mass is 16.5. The first-order valence-electron chi connectivity index (χ1n) is 5.50. The molecule has 0 radical (unpaired) electrons. The number of hydrogen-bond donors (Lipinski definition) is 0. The molecule has 80 valence electrons. The van der Waals surface area contributed by atoms with E-state index in [4.69, 9.17) is 4.74 Å². The van der Waals surface area contributed by atoms with Crippen LogP contribution in [0.2, 0.25) is 0 Å². The average Bonchev–Trinajstić information content (AvgIpc) is 2.27. The fourth-order valence-corrected chi connectivity index (χ4v) is 2.51. The third-order valence-corrected chi connectivity index (χ3v) is 3.34. The molecule has 1 aromatic rings. The Balaban J connectivity index is 2.38. The van der Waals surface area contributed by atoms with E-state index in [9.17, 15) is 0 Å². The standard InChI is InChI=1S/C14H18O/c1-10(2)12-9-8-11-6-4-5-7-13(11)14(12)15-3/h4-7,12,14H,1,8-9H2,2-3H3/t12-,14+/m1/s1. The Hall–Kier alpha value is -1.08. The molecule has 1 nitrogen and oxygen atoms in total. The van der Waals surface area contributed by atoms with Crippen molar-refractivity contribution in [3.05, 3.63) is 47.5 Å². The summed E-state index contributed by atoms with van der Waals surface area (Å²) in [7, 11) is 1.79. The Morgan fingerprint density at radius 2 is 2.13 bits per heavy atom. The van der Waals surface area contributed by atoms with Crippen molar-refractivity contribution in [1.82, 2.24) is 0 Å². The van der Waals surface area contributed by atoms with Gasteiger partial charge in [-0.15, -0.1) is 0 Å². The summed E-state index contributed by atoms with van der Waals surface area (Å²) in [5.74, 6) is 0.477. The molecule has 0 aromatic heterocycles. The molecule has 0 N–H and O–H groups in total. The number of methoxy groups -OCH3 is 1. The minimum atomic E-state index is 0.201. The number of fused-ring (bicyclic) bond motifs is 1. The highest BCUT2D eigenvalue weighted by molar-refractivity contribution is 5.33. The van der Waals surface area contributed by atoms with E-state index in [1.165, 1.54) is 16.7 Å². The lowest BCUT2D eigenvalue weighted by molar-refractivity contribution is 0.0546. The summed E-state index contributed by atoms with van der Waals surface area (Å²) in [6, 6.07) is 8.58. The lowest BCUT2D eigenvalue weighted by Crippen LogP contribution is -2.22. The highest BCUT2D eigenvalue weighted by Crippen LogP contribution is 2.39. The average molecular weight is 202 g/mol. The molecule has 0 amide bonds. The van der Waals surface area contributed by atoms with E-state index in [0.29, 0.717) is 5.92 Å². The molecule has 0 aliphatic heterocycles. The number of rotatable bonds is 2. The van der Waals surface area contributed by atoms with Crippen LogP contribution in [-0.2, 0) is 11.2 Å². The Morgan fingerprint density at radius 3 is 2.80 bits per heavy atom. The molecule has 1 aliphatic carbocycles. The molecule has 1 aromatic carbocycles. The second-order valence-corrected chi connectivity index (χ2v) is 4.35. The Kier molecular flexibility index (Phi) is 2.92. The lowest BCUT2D eigenvalue weighted by atomic mass is 9.78. The third-order valence-electron chi connectivity index (χ3n) is 3.34. The van der Waals surface area contributed by atoms with Crippen LogP contribution in [0, 0.1) is 5.92 Å². The van der Waals surface area contributed by atoms with Gasteiger partial charge < -0.3 is 4.74 Å². The molecule has 15 heavy (non-hydrogen) atoms. The van der Waals surface area contributed by atoms with Crippen LogP contribution in [0.3, 0.4) is 0 Å². The molecule has 0 heterocycles. The van der Waals surface area contributed by atoms with Crippen LogP contribution < -0.4 is 0 Å². The fourth-order valence-electron chi connectivity index (χ4n) is 2.51. The van der Waals surface area contributed by atoms with Crippen molar-refractivity contribution in [2.45, 2.75) is 25.9 Å². The minimum absolute atomic E-state index is 0.201. The van der Waals surface area contributed by atoms with Gasteiger partial charge in [-0.2, -0.15) is 0 Å². The number of benzene rings is 1. The molecule has 0 bridgehead atoms. The summed E-state index contributed by atoms with van der Waals surface area (Å²) in [5.41, 5.74) is 4.01. The van der Waals surface area contributed by atoms with E-state index in [-0.39, 0.29) is 6.10 Å². The summed E-state index contributed by atoms with van der Waals surface area (Å²) in [6.45, 7) is 6.17. The van der Waals surface area contributed by atoms with E-state index in [2.05, 4.69) is 37.8 Å². The van der Waals surface area contributed by atoms with Gasteiger partial charge in [-0.05, 0) is 30.9 Å². The number of hydrogen-bond acceptors (Lipinski definition) is 1. The quantitative estimate of drug-likeness (QED) is 0.667. The lowest BCUT2D eigenvalue weighted by Gasteiger charge is -2.33. The molecule has 2 atom stereocenters. The van der Waals surface area contributed by atoms with E-state index in [0.717, 1.165) is 12.8 Å².